The predicted octanol–water partition coefficient (Wildman–Crippen LogP) is 6.43. The van der Waals surface area contributed by atoms with Crippen molar-refractivity contribution in [2.24, 2.45) is 0 Å². The molecule has 0 saturated carbocycles. The molecule has 0 spiro atoms. The van der Waals surface area contributed by atoms with Gasteiger partial charge in [-0.1, -0.05) is 35.3 Å². The molecule has 1 N–H and O–H groups in total. The predicted molar refractivity (Wildman–Crippen MR) is 103 cm³/mol. The van der Waals surface area contributed by atoms with Gasteiger partial charge in [-0.05, 0) is 62.2 Å². The third-order valence-electron chi connectivity index (χ3n) is 3.95. The zero-order valence-electron chi connectivity index (χ0n) is 14.1. The van der Waals surface area contributed by atoms with Crippen LogP contribution in [0.5, 0.6) is 0 Å². The van der Waals surface area contributed by atoms with Crippen LogP contribution in [0.25, 0.3) is 11.3 Å². The van der Waals surface area contributed by atoms with Crippen molar-refractivity contribution in [1.82, 2.24) is 0 Å². The second kappa shape index (κ2) is 6.95. The summed E-state index contributed by atoms with van der Waals surface area (Å²) in [5, 5.41) is 3.97. The molecule has 1 aromatic heterocycles. The normalized spacial score (nSPS) is 10.8. The van der Waals surface area contributed by atoms with Gasteiger partial charge in [-0.25, -0.2) is 0 Å². The summed E-state index contributed by atoms with van der Waals surface area (Å²) >= 11 is 12.1. The average molecular weight is 374 g/mol. The number of carbonyl (C=O) groups excluding carboxylic acids is 1. The Kier molecular flexibility index (Phi) is 4.89. The molecule has 25 heavy (non-hydrogen) atoms. The van der Waals surface area contributed by atoms with Crippen LogP contribution in [0.1, 0.15) is 27.2 Å². The minimum atomic E-state index is -0.214. The fraction of sp³-hybridized carbons (Fsp3) is 0.150. The van der Waals surface area contributed by atoms with Gasteiger partial charge in [0, 0.05) is 21.3 Å². The van der Waals surface area contributed by atoms with Gasteiger partial charge in [0.25, 0.3) is 5.91 Å². The minimum absolute atomic E-state index is 0.214. The molecule has 0 saturated heterocycles. The van der Waals surface area contributed by atoms with E-state index in [-0.39, 0.29) is 5.91 Å². The van der Waals surface area contributed by atoms with Crippen LogP contribution in [0.15, 0.2) is 46.9 Å². The van der Waals surface area contributed by atoms with Gasteiger partial charge in [-0.3, -0.25) is 4.79 Å². The van der Waals surface area contributed by atoms with Gasteiger partial charge >= 0.3 is 0 Å². The largest absolute Gasteiger partial charge is 0.461 e. The maximum Gasteiger partial charge on any atom is 0.259 e. The number of amides is 1. The monoisotopic (exact) mass is 373 g/mol. The summed E-state index contributed by atoms with van der Waals surface area (Å²) in [5.74, 6) is 0.872. The number of halogens is 2. The summed E-state index contributed by atoms with van der Waals surface area (Å²) < 4.78 is 5.75. The average Bonchev–Trinajstić information content (AvgIpc) is 2.92. The van der Waals surface area contributed by atoms with Crippen LogP contribution in [0.3, 0.4) is 0 Å². The SMILES string of the molecule is Cc1ccc(C)c(NC(=O)c2cc(-c3cc(Cl)cc(Cl)c3)oc2C)c1. The Morgan fingerprint density at radius 3 is 2.32 bits per heavy atom. The molecule has 0 aliphatic carbocycles. The molecule has 3 rings (SSSR count). The van der Waals surface area contributed by atoms with Crippen molar-refractivity contribution in [3.63, 3.8) is 0 Å². The number of nitrogens with one attached hydrogen (secondary N) is 1. The zero-order valence-corrected chi connectivity index (χ0v) is 15.6. The number of hydrogen-bond acceptors (Lipinski definition) is 2. The molecule has 0 bridgehead atoms. The smallest absolute Gasteiger partial charge is 0.259 e. The zero-order chi connectivity index (χ0) is 18.1. The molecule has 3 nitrogen and oxygen atoms in total. The van der Waals surface area contributed by atoms with E-state index in [1.807, 2.05) is 32.0 Å². The van der Waals surface area contributed by atoms with Gasteiger partial charge in [-0.15, -0.1) is 0 Å². The third-order valence-corrected chi connectivity index (χ3v) is 4.39. The molecular formula is C20H17Cl2NO2. The molecule has 3 aromatic rings. The van der Waals surface area contributed by atoms with Crippen molar-refractivity contribution in [1.29, 1.82) is 0 Å². The number of hydrogen-bond donors (Lipinski definition) is 1. The Balaban J connectivity index is 1.91. The van der Waals surface area contributed by atoms with Crippen LogP contribution in [0, 0.1) is 20.8 Å². The summed E-state index contributed by atoms with van der Waals surface area (Å²) in [6.45, 7) is 5.70. The highest BCUT2D eigenvalue weighted by molar-refractivity contribution is 6.35. The lowest BCUT2D eigenvalue weighted by molar-refractivity contribution is 0.102. The van der Waals surface area contributed by atoms with Gasteiger partial charge in [0.05, 0.1) is 5.56 Å². The van der Waals surface area contributed by atoms with Crippen molar-refractivity contribution in [2.45, 2.75) is 20.8 Å². The molecule has 0 aliphatic heterocycles. The van der Waals surface area contributed by atoms with Crippen molar-refractivity contribution in [3.05, 3.63) is 75.0 Å². The first-order valence-corrected chi connectivity index (χ1v) is 8.54. The summed E-state index contributed by atoms with van der Waals surface area (Å²) in [6, 6.07) is 12.8. The van der Waals surface area contributed by atoms with Crippen LogP contribution in [0.4, 0.5) is 5.69 Å². The van der Waals surface area contributed by atoms with E-state index in [0.29, 0.717) is 27.1 Å². The van der Waals surface area contributed by atoms with Gasteiger partial charge in [0.2, 0.25) is 0 Å². The molecule has 1 heterocycles. The molecule has 1 amide bonds. The molecule has 0 radical (unpaired) electrons. The van der Waals surface area contributed by atoms with E-state index in [4.69, 9.17) is 27.6 Å². The molecular weight excluding hydrogens is 357 g/mol. The second-order valence-electron chi connectivity index (χ2n) is 6.01. The van der Waals surface area contributed by atoms with Gasteiger partial charge in [-0.2, -0.15) is 0 Å². The lowest BCUT2D eigenvalue weighted by atomic mass is 10.1. The fourth-order valence-electron chi connectivity index (χ4n) is 2.61. The standard InChI is InChI=1S/C20H17Cl2NO2/c1-11-4-5-12(2)18(6-11)23-20(24)17-10-19(25-13(17)3)14-7-15(21)9-16(22)8-14/h4-10H,1-3H3,(H,23,24). The van der Waals surface area contributed by atoms with Crippen LogP contribution < -0.4 is 5.32 Å². The lowest BCUT2D eigenvalue weighted by Gasteiger charge is -2.08. The Labute approximate surface area is 156 Å². The van der Waals surface area contributed by atoms with Crippen LogP contribution >= 0.6 is 23.2 Å². The van der Waals surface area contributed by atoms with Crippen molar-refractivity contribution < 1.29 is 9.21 Å². The summed E-state index contributed by atoms with van der Waals surface area (Å²) in [5.41, 5.74) is 4.08. The Bertz CT molecular complexity index is 940. The maximum atomic E-state index is 12.7. The minimum Gasteiger partial charge on any atom is -0.461 e. The Morgan fingerprint density at radius 1 is 0.960 bits per heavy atom. The Hall–Kier alpha value is -2.23. The van der Waals surface area contributed by atoms with Crippen LogP contribution in [0.2, 0.25) is 10.0 Å². The number of anilines is 1. The number of aryl methyl sites for hydroxylation is 3. The first-order valence-electron chi connectivity index (χ1n) is 7.79. The van der Waals surface area contributed by atoms with Crippen LogP contribution in [-0.4, -0.2) is 5.91 Å². The number of rotatable bonds is 3. The number of benzene rings is 2. The van der Waals surface area contributed by atoms with Crippen molar-refractivity contribution in [3.8, 4) is 11.3 Å². The molecule has 2 aromatic carbocycles. The lowest BCUT2D eigenvalue weighted by Crippen LogP contribution is -2.13. The van der Waals surface area contributed by atoms with Crippen LogP contribution in [-0.2, 0) is 0 Å². The van der Waals surface area contributed by atoms with E-state index in [1.54, 1.807) is 31.2 Å². The first kappa shape index (κ1) is 17.6. The fourth-order valence-corrected chi connectivity index (χ4v) is 3.13. The highest BCUT2D eigenvalue weighted by Crippen LogP contribution is 2.30. The number of carbonyl (C=O) groups is 1. The summed E-state index contributed by atoms with van der Waals surface area (Å²) in [4.78, 5) is 12.7. The van der Waals surface area contributed by atoms with E-state index in [0.717, 1.165) is 22.4 Å². The Morgan fingerprint density at radius 2 is 1.64 bits per heavy atom. The van der Waals surface area contributed by atoms with Crippen molar-refractivity contribution >= 4 is 34.8 Å². The van der Waals surface area contributed by atoms with Gasteiger partial charge < -0.3 is 9.73 Å². The van der Waals surface area contributed by atoms with Gasteiger partial charge in [0.15, 0.2) is 0 Å². The van der Waals surface area contributed by atoms with E-state index in [1.165, 1.54) is 0 Å². The van der Waals surface area contributed by atoms with E-state index >= 15 is 0 Å². The highest BCUT2D eigenvalue weighted by atomic mass is 35.5. The van der Waals surface area contributed by atoms with Crippen molar-refractivity contribution in [2.75, 3.05) is 5.32 Å². The summed E-state index contributed by atoms with van der Waals surface area (Å²) in [7, 11) is 0. The molecule has 0 fully saturated rings. The molecule has 5 heteroatoms. The number of furan rings is 1. The van der Waals surface area contributed by atoms with E-state index in [9.17, 15) is 4.79 Å². The first-order chi connectivity index (χ1) is 11.8. The molecule has 0 atom stereocenters. The molecule has 128 valence electrons. The topological polar surface area (TPSA) is 42.2 Å². The maximum absolute atomic E-state index is 12.7. The third kappa shape index (κ3) is 3.89. The van der Waals surface area contributed by atoms with Gasteiger partial charge in [0.1, 0.15) is 11.5 Å². The quantitative estimate of drug-likeness (QED) is 0.574. The molecule has 0 unspecified atom stereocenters. The second-order valence-corrected chi connectivity index (χ2v) is 6.88. The molecule has 0 aliphatic rings. The highest BCUT2D eigenvalue weighted by Gasteiger charge is 2.17. The summed E-state index contributed by atoms with van der Waals surface area (Å²) in [6.07, 6.45) is 0. The van der Waals surface area contributed by atoms with E-state index < -0.39 is 0 Å². The van der Waals surface area contributed by atoms with E-state index in [2.05, 4.69) is 5.32 Å².